The monoisotopic (exact) mass is 513 g/mol. The quantitative estimate of drug-likeness (QED) is 0.458. The van der Waals surface area contributed by atoms with Crippen LogP contribution in [0.25, 0.3) is 0 Å². The fraction of sp³-hybridized carbons (Fsp3) is 0.391. The number of nitrogens with zero attached hydrogens (tertiary/aromatic N) is 2. The van der Waals surface area contributed by atoms with Crippen LogP contribution >= 0.6 is 23.2 Å². The van der Waals surface area contributed by atoms with Gasteiger partial charge in [-0.1, -0.05) is 66.9 Å². The van der Waals surface area contributed by atoms with Gasteiger partial charge in [-0.2, -0.15) is 0 Å². The van der Waals surface area contributed by atoms with Gasteiger partial charge in [0.25, 0.3) is 0 Å². The summed E-state index contributed by atoms with van der Waals surface area (Å²) in [4.78, 5) is 27.5. The molecule has 33 heavy (non-hydrogen) atoms. The van der Waals surface area contributed by atoms with Crippen LogP contribution in [-0.4, -0.2) is 50.5 Å². The van der Waals surface area contributed by atoms with Crippen molar-refractivity contribution in [1.82, 2.24) is 10.2 Å². The molecule has 0 spiro atoms. The van der Waals surface area contributed by atoms with Crippen LogP contribution in [0.5, 0.6) is 0 Å². The summed E-state index contributed by atoms with van der Waals surface area (Å²) < 4.78 is 26.0. The summed E-state index contributed by atoms with van der Waals surface area (Å²) in [6.07, 6.45) is 2.73. The molecule has 10 heteroatoms. The minimum atomic E-state index is -3.88. The molecule has 1 N–H and O–H groups in total. The molecule has 0 aliphatic carbocycles. The Hall–Kier alpha value is -2.29. The molecule has 0 aliphatic rings. The summed E-state index contributed by atoms with van der Waals surface area (Å²) in [5, 5.41) is 3.25. The summed E-state index contributed by atoms with van der Waals surface area (Å²) in [6, 6.07) is 12.8. The van der Waals surface area contributed by atoms with Crippen molar-refractivity contribution < 1.29 is 18.0 Å². The number of sulfonamides is 1. The second kappa shape index (κ2) is 12.3. The smallest absolute Gasteiger partial charge is 0.244 e. The van der Waals surface area contributed by atoms with E-state index >= 15 is 0 Å². The molecular weight excluding hydrogens is 485 g/mol. The highest BCUT2D eigenvalue weighted by Gasteiger charge is 2.30. The van der Waals surface area contributed by atoms with Crippen molar-refractivity contribution in [3.05, 3.63) is 64.1 Å². The van der Waals surface area contributed by atoms with E-state index in [9.17, 15) is 18.0 Å². The van der Waals surface area contributed by atoms with Gasteiger partial charge in [0.1, 0.15) is 12.6 Å². The maximum Gasteiger partial charge on any atom is 0.244 e. The SMILES string of the molecule is CCCCNC(=O)C(C)N(Cc1ccccc1)C(=O)CN(c1cc(Cl)ccc1Cl)S(C)(=O)=O. The molecule has 2 rings (SSSR count). The van der Waals surface area contributed by atoms with E-state index in [0.29, 0.717) is 6.54 Å². The van der Waals surface area contributed by atoms with E-state index < -0.39 is 28.5 Å². The molecule has 0 aromatic heterocycles. The Morgan fingerprint density at radius 2 is 1.76 bits per heavy atom. The molecular formula is C23H29Cl2N3O4S. The Kier molecular flexibility index (Phi) is 10.0. The molecule has 0 saturated heterocycles. The average Bonchev–Trinajstić information content (AvgIpc) is 2.77. The van der Waals surface area contributed by atoms with Gasteiger partial charge in [-0.25, -0.2) is 8.42 Å². The molecule has 2 aromatic rings. The molecule has 0 saturated carbocycles. The minimum absolute atomic E-state index is 0.0970. The lowest BCUT2D eigenvalue weighted by molar-refractivity contribution is -0.139. The maximum absolute atomic E-state index is 13.4. The fourth-order valence-corrected chi connectivity index (χ4v) is 4.46. The molecule has 0 heterocycles. The third-order valence-corrected chi connectivity index (χ3v) is 6.73. The first-order valence-corrected chi connectivity index (χ1v) is 13.2. The van der Waals surface area contributed by atoms with Crippen LogP contribution < -0.4 is 9.62 Å². The summed E-state index contributed by atoms with van der Waals surface area (Å²) >= 11 is 12.3. The van der Waals surface area contributed by atoms with Crippen LogP contribution in [0, 0.1) is 0 Å². The Bertz CT molecular complexity index is 1060. The van der Waals surface area contributed by atoms with Gasteiger partial charge in [-0.3, -0.25) is 13.9 Å². The maximum atomic E-state index is 13.4. The van der Waals surface area contributed by atoms with Gasteiger partial charge < -0.3 is 10.2 Å². The second-order valence-corrected chi connectivity index (χ2v) is 10.4. The summed E-state index contributed by atoms with van der Waals surface area (Å²) in [5.74, 6) is -0.849. The number of hydrogen-bond acceptors (Lipinski definition) is 4. The number of rotatable bonds is 11. The summed E-state index contributed by atoms with van der Waals surface area (Å²) in [5.41, 5.74) is 0.908. The number of unbranched alkanes of at least 4 members (excludes halogenated alkanes) is 1. The molecule has 180 valence electrons. The van der Waals surface area contributed by atoms with Crippen molar-refractivity contribution in [2.24, 2.45) is 0 Å². The Morgan fingerprint density at radius 3 is 2.36 bits per heavy atom. The standard InChI is InChI=1S/C23H29Cl2N3O4S/c1-4-5-13-26-23(30)17(2)27(15-18-9-7-6-8-10-18)22(29)16-28(33(3,31)32)21-14-19(24)11-12-20(21)25/h6-12,14,17H,4-5,13,15-16H2,1-3H3,(H,26,30). The van der Waals surface area contributed by atoms with Crippen LogP contribution in [-0.2, 0) is 26.2 Å². The Morgan fingerprint density at radius 1 is 1.09 bits per heavy atom. The fourth-order valence-electron chi connectivity index (χ4n) is 3.17. The number of halogens is 2. The first kappa shape index (κ1) is 27.0. The van der Waals surface area contributed by atoms with E-state index in [2.05, 4.69) is 5.32 Å². The molecule has 1 unspecified atom stereocenters. The van der Waals surface area contributed by atoms with Gasteiger partial charge in [0, 0.05) is 18.1 Å². The van der Waals surface area contributed by atoms with Crippen LogP contribution in [0.15, 0.2) is 48.5 Å². The third kappa shape index (κ3) is 7.91. The van der Waals surface area contributed by atoms with Gasteiger partial charge in [-0.05, 0) is 37.1 Å². The van der Waals surface area contributed by atoms with Crippen LogP contribution in [0.3, 0.4) is 0 Å². The normalized spacial score (nSPS) is 12.2. The predicted molar refractivity (Wildman–Crippen MR) is 133 cm³/mol. The highest BCUT2D eigenvalue weighted by molar-refractivity contribution is 7.92. The molecule has 2 aromatic carbocycles. The molecule has 7 nitrogen and oxygen atoms in total. The highest BCUT2D eigenvalue weighted by Crippen LogP contribution is 2.30. The van der Waals surface area contributed by atoms with Crippen LogP contribution in [0.2, 0.25) is 10.0 Å². The van der Waals surface area contributed by atoms with E-state index in [0.717, 1.165) is 29.0 Å². The van der Waals surface area contributed by atoms with E-state index in [-0.39, 0.29) is 28.2 Å². The number of nitrogens with one attached hydrogen (secondary N) is 1. The zero-order valence-electron chi connectivity index (χ0n) is 18.9. The Balaban J connectivity index is 2.36. The first-order valence-electron chi connectivity index (χ1n) is 10.6. The second-order valence-electron chi connectivity index (χ2n) is 7.69. The lowest BCUT2D eigenvalue weighted by Gasteiger charge is -2.31. The Labute approximate surface area is 205 Å². The molecule has 1 atom stereocenters. The van der Waals surface area contributed by atoms with Crippen molar-refractivity contribution in [2.45, 2.75) is 39.3 Å². The molecule has 0 radical (unpaired) electrons. The number of carbonyl (C=O) groups is 2. The minimum Gasteiger partial charge on any atom is -0.354 e. The van der Waals surface area contributed by atoms with E-state index in [1.807, 2.05) is 37.3 Å². The topological polar surface area (TPSA) is 86.8 Å². The van der Waals surface area contributed by atoms with Crippen molar-refractivity contribution >= 4 is 50.7 Å². The van der Waals surface area contributed by atoms with Gasteiger partial charge in [0.2, 0.25) is 21.8 Å². The number of amides is 2. The van der Waals surface area contributed by atoms with Gasteiger partial charge in [0.05, 0.1) is 17.0 Å². The van der Waals surface area contributed by atoms with Crippen molar-refractivity contribution in [1.29, 1.82) is 0 Å². The van der Waals surface area contributed by atoms with Crippen LogP contribution in [0.4, 0.5) is 5.69 Å². The largest absolute Gasteiger partial charge is 0.354 e. The summed E-state index contributed by atoms with van der Waals surface area (Å²) in [7, 11) is -3.88. The number of anilines is 1. The van der Waals surface area contributed by atoms with E-state index in [1.54, 1.807) is 6.92 Å². The third-order valence-electron chi connectivity index (χ3n) is 5.05. The van der Waals surface area contributed by atoms with Crippen molar-refractivity contribution in [2.75, 3.05) is 23.7 Å². The van der Waals surface area contributed by atoms with Crippen LogP contribution in [0.1, 0.15) is 32.3 Å². The van der Waals surface area contributed by atoms with Crippen molar-refractivity contribution in [3.8, 4) is 0 Å². The van der Waals surface area contributed by atoms with E-state index in [4.69, 9.17) is 23.2 Å². The van der Waals surface area contributed by atoms with E-state index in [1.165, 1.54) is 23.1 Å². The lowest BCUT2D eigenvalue weighted by atomic mass is 10.1. The number of carbonyl (C=O) groups excluding carboxylic acids is 2. The molecule has 0 bridgehead atoms. The molecule has 0 fully saturated rings. The summed E-state index contributed by atoms with van der Waals surface area (Å²) in [6.45, 7) is 3.75. The zero-order chi connectivity index (χ0) is 24.6. The zero-order valence-corrected chi connectivity index (χ0v) is 21.3. The highest BCUT2D eigenvalue weighted by atomic mass is 35.5. The van der Waals surface area contributed by atoms with Gasteiger partial charge in [-0.15, -0.1) is 0 Å². The molecule has 2 amide bonds. The predicted octanol–water partition coefficient (Wildman–Crippen LogP) is 4.09. The van der Waals surface area contributed by atoms with Gasteiger partial charge in [0.15, 0.2) is 0 Å². The number of hydrogen-bond donors (Lipinski definition) is 1. The van der Waals surface area contributed by atoms with Gasteiger partial charge >= 0.3 is 0 Å². The molecule has 0 aliphatic heterocycles. The van der Waals surface area contributed by atoms with Crippen molar-refractivity contribution in [3.63, 3.8) is 0 Å². The lowest BCUT2D eigenvalue weighted by Crippen LogP contribution is -2.51. The number of benzene rings is 2. The first-order chi connectivity index (χ1) is 15.5. The average molecular weight is 514 g/mol.